The molecule has 1 heterocycles. The smallest absolute Gasteiger partial charge is 0.250 e. The maximum Gasteiger partial charge on any atom is 0.250 e. The second-order valence-corrected chi connectivity index (χ2v) is 5.61. The third-order valence-electron chi connectivity index (χ3n) is 4.03. The number of likely N-dealkylation sites (N-methyl/N-ethyl adjacent to an activating group) is 1. The standard InChI is InChI=1S/C14H25N3O3/c1-15-14(19)12-9-17(7-8-20-12)10-13(18)16-11-5-3-2-4-6-11/h11-12H,2-10H2,1H3,(H,15,19)(H,16,18). The Hall–Kier alpha value is -1.14. The second-order valence-electron chi connectivity index (χ2n) is 5.61. The van der Waals surface area contributed by atoms with Gasteiger partial charge >= 0.3 is 0 Å². The van der Waals surface area contributed by atoms with Crippen LogP contribution in [-0.2, 0) is 14.3 Å². The lowest BCUT2D eigenvalue weighted by molar-refractivity contribution is -0.140. The molecule has 2 N–H and O–H groups in total. The Bertz CT molecular complexity index is 343. The Labute approximate surface area is 120 Å². The van der Waals surface area contributed by atoms with Crippen LogP contribution in [-0.4, -0.2) is 62.1 Å². The first-order valence-corrected chi connectivity index (χ1v) is 7.54. The zero-order valence-corrected chi connectivity index (χ0v) is 12.2. The van der Waals surface area contributed by atoms with E-state index >= 15 is 0 Å². The van der Waals surface area contributed by atoms with Gasteiger partial charge in [-0.1, -0.05) is 19.3 Å². The van der Waals surface area contributed by atoms with Crippen LogP contribution in [0, 0.1) is 0 Å². The van der Waals surface area contributed by atoms with Gasteiger partial charge in [0.25, 0.3) is 0 Å². The van der Waals surface area contributed by atoms with Crippen molar-refractivity contribution in [2.24, 2.45) is 0 Å². The van der Waals surface area contributed by atoms with Crippen LogP contribution in [0.4, 0.5) is 0 Å². The molecule has 1 saturated carbocycles. The van der Waals surface area contributed by atoms with Crippen molar-refractivity contribution in [2.45, 2.75) is 44.2 Å². The topological polar surface area (TPSA) is 70.7 Å². The van der Waals surface area contributed by atoms with E-state index in [4.69, 9.17) is 4.74 Å². The highest BCUT2D eigenvalue weighted by Gasteiger charge is 2.27. The summed E-state index contributed by atoms with van der Waals surface area (Å²) in [6.07, 6.45) is 5.42. The van der Waals surface area contributed by atoms with Gasteiger partial charge in [-0.3, -0.25) is 14.5 Å². The molecule has 20 heavy (non-hydrogen) atoms. The Balaban J connectivity index is 1.74. The molecule has 0 spiro atoms. The minimum atomic E-state index is -0.462. The number of hydrogen-bond donors (Lipinski definition) is 2. The van der Waals surface area contributed by atoms with Crippen molar-refractivity contribution >= 4 is 11.8 Å². The molecule has 0 bridgehead atoms. The van der Waals surface area contributed by atoms with Crippen LogP contribution in [0.15, 0.2) is 0 Å². The summed E-state index contributed by atoms with van der Waals surface area (Å²) in [5.74, 6) is -0.0585. The van der Waals surface area contributed by atoms with E-state index < -0.39 is 6.10 Å². The fourth-order valence-electron chi connectivity index (χ4n) is 2.89. The number of carbonyl (C=O) groups is 2. The molecule has 2 aliphatic rings. The number of carbonyl (C=O) groups excluding carboxylic acids is 2. The molecule has 2 fully saturated rings. The van der Waals surface area contributed by atoms with Gasteiger partial charge in [0.05, 0.1) is 13.2 Å². The summed E-state index contributed by atoms with van der Waals surface area (Å²) in [6.45, 7) is 2.03. The summed E-state index contributed by atoms with van der Waals surface area (Å²) >= 11 is 0. The highest BCUT2D eigenvalue weighted by atomic mass is 16.5. The molecule has 0 aromatic heterocycles. The number of nitrogens with one attached hydrogen (secondary N) is 2. The summed E-state index contributed by atoms with van der Waals surface area (Å²) in [6, 6.07) is 0.340. The largest absolute Gasteiger partial charge is 0.366 e. The minimum Gasteiger partial charge on any atom is -0.366 e. The van der Waals surface area contributed by atoms with Crippen molar-refractivity contribution < 1.29 is 14.3 Å². The number of amides is 2. The predicted molar refractivity (Wildman–Crippen MR) is 75.3 cm³/mol. The van der Waals surface area contributed by atoms with Gasteiger partial charge in [0, 0.05) is 26.2 Å². The van der Waals surface area contributed by atoms with Gasteiger partial charge in [0.1, 0.15) is 6.10 Å². The zero-order valence-electron chi connectivity index (χ0n) is 12.2. The van der Waals surface area contributed by atoms with E-state index in [0.29, 0.717) is 32.3 Å². The molecule has 1 atom stereocenters. The molecule has 1 aliphatic heterocycles. The van der Waals surface area contributed by atoms with Crippen molar-refractivity contribution in [2.75, 3.05) is 33.3 Å². The van der Waals surface area contributed by atoms with Crippen molar-refractivity contribution in [3.8, 4) is 0 Å². The number of ether oxygens (including phenoxy) is 1. The van der Waals surface area contributed by atoms with Crippen LogP contribution in [0.5, 0.6) is 0 Å². The summed E-state index contributed by atoms with van der Waals surface area (Å²) < 4.78 is 5.41. The number of rotatable bonds is 4. The van der Waals surface area contributed by atoms with Gasteiger partial charge in [0.2, 0.25) is 11.8 Å². The van der Waals surface area contributed by atoms with E-state index in [1.807, 2.05) is 4.90 Å². The fraction of sp³-hybridized carbons (Fsp3) is 0.857. The van der Waals surface area contributed by atoms with Crippen LogP contribution in [0.3, 0.4) is 0 Å². The molecule has 6 nitrogen and oxygen atoms in total. The summed E-state index contributed by atoms with van der Waals surface area (Å²) in [5, 5.41) is 5.69. The van der Waals surface area contributed by atoms with Gasteiger partial charge in [-0.05, 0) is 12.8 Å². The second kappa shape index (κ2) is 7.59. The normalized spacial score (nSPS) is 25.1. The molecule has 0 aromatic rings. The van der Waals surface area contributed by atoms with Crippen molar-refractivity contribution in [3.05, 3.63) is 0 Å². The Morgan fingerprint density at radius 2 is 2.00 bits per heavy atom. The minimum absolute atomic E-state index is 0.0643. The highest BCUT2D eigenvalue weighted by molar-refractivity contribution is 5.81. The van der Waals surface area contributed by atoms with Crippen LogP contribution in [0.2, 0.25) is 0 Å². The molecule has 1 unspecified atom stereocenters. The molecule has 114 valence electrons. The molecule has 1 aliphatic carbocycles. The number of nitrogens with zero attached hydrogens (tertiary/aromatic N) is 1. The fourth-order valence-corrected chi connectivity index (χ4v) is 2.89. The molecule has 2 amide bonds. The van der Waals surface area contributed by atoms with Gasteiger partial charge in [0.15, 0.2) is 0 Å². The third-order valence-corrected chi connectivity index (χ3v) is 4.03. The first kappa shape index (κ1) is 15.3. The average Bonchev–Trinajstić information content (AvgIpc) is 2.47. The molecule has 2 rings (SSSR count). The molecule has 0 aromatic carbocycles. The van der Waals surface area contributed by atoms with E-state index in [-0.39, 0.29) is 11.8 Å². The summed E-state index contributed by atoms with van der Waals surface area (Å²) in [7, 11) is 1.60. The number of morpholine rings is 1. The summed E-state index contributed by atoms with van der Waals surface area (Å²) in [5.41, 5.74) is 0. The van der Waals surface area contributed by atoms with Crippen molar-refractivity contribution in [3.63, 3.8) is 0 Å². The predicted octanol–water partition coefficient (Wildman–Crippen LogP) is -0.118. The highest BCUT2D eigenvalue weighted by Crippen LogP contribution is 2.17. The average molecular weight is 283 g/mol. The van der Waals surface area contributed by atoms with Crippen LogP contribution >= 0.6 is 0 Å². The van der Waals surface area contributed by atoms with Gasteiger partial charge in [-0.25, -0.2) is 0 Å². The summed E-state index contributed by atoms with van der Waals surface area (Å²) in [4.78, 5) is 25.6. The van der Waals surface area contributed by atoms with Crippen LogP contribution < -0.4 is 10.6 Å². The van der Waals surface area contributed by atoms with Gasteiger partial charge in [-0.15, -0.1) is 0 Å². The maximum absolute atomic E-state index is 12.0. The quantitative estimate of drug-likeness (QED) is 0.755. The lowest BCUT2D eigenvalue weighted by Crippen LogP contribution is -2.52. The van der Waals surface area contributed by atoms with Crippen LogP contribution in [0.1, 0.15) is 32.1 Å². The van der Waals surface area contributed by atoms with E-state index in [9.17, 15) is 9.59 Å². The zero-order chi connectivity index (χ0) is 14.4. The first-order valence-electron chi connectivity index (χ1n) is 7.54. The Kier molecular flexibility index (Phi) is 5.79. The van der Waals surface area contributed by atoms with Crippen molar-refractivity contribution in [1.82, 2.24) is 15.5 Å². The molecule has 0 radical (unpaired) electrons. The number of hydrogen-bond acceptors (Lipinski definition) is 4. The van der Waals surface area contributed by atoms with Gasteiger partial charge < -0.3 is 15.4 Å². The van der Waals surface area contributed by atoms with Crippen molar-refractivity contribution in [1.29, 1.82) is 0 Å². The lowest BCUT2D eigenvalue weighted by Gasteiger charge is -2.32. The van der Waals surface area contributed by atoms with Crippen LogP contribution in [0.25, 0.3) is 0 Å². The van der Waals surface area contributed by atoms with E-state index in [1.54, 1.807) is 7.05 Å². The SMILES string of the molecule is CNC(=O)C1CN(CC(=O)NC2CCCCC2)CCO1. The first-order chi connectivity index (χ1) is 9.69. The van der Waals surface area contributed by atoms with Gasteiger partial charge in [-0.2, -0.15) is 0 Å². The van der Waals surface area contributed by atoms with E-state index in [1.165, 1.54) is 19.3 Å². The Morgan fingerprint density at radius 1 is 1.25 bits per heavy atom. The molecule has 6 heteroatoms. The maximum atomic E-state index is 12.0. The third kappa shape index (κ3) is 4.45. The molecule has 1 saturated heterocycles. The molecular formula is C14H25N3O3. The monoisotopic (exact) mass is 283 g/mol. The Morgan fingerprint density at radius 3 is 2.70 bits per heavy atom. The van der Waals surface area contributed by atoms with E-state index in [0.717, 1.165) is 12.8 Å². The molecular weight excluding hydrogens is 258 g/mol. The van der Waals surface area contributed by atoms with E-state index in [2.05, 4.69) is 10.6 Å². The lowest BCUT2D eigenvalue weighted by atomic mass is 9.95.